The van der Waals surface area contributed by atoms with Crippen molar-refractivity contribution in [3.8, 4) is 0 Å². The van der Waals surface area contributed by atoms with E-state index in [9.17, 15) is 15.2 Å². The van der Waals surface area contributed by atoms with Gasteiger partial charge in [-0.05, 0) is 31.7 Å². The Kier molecular flexibility index (Phi) is 4.23. The molecule has 2 N–H and O–H groups in total. The lowest BCUT2D eigenvalue weighted by Crippen LogP contribution is -2.46. The summed E-state index contributed by atoms with van der Waals surface area (Å²) in [5.74, 6) is 1.15. The maximum Gasteiger partial charge on any atom is 0.290 e. The molecule has 6 heteroatoms. The molecule has 1 fully saturated rings. The summed E-state index contributed by atoms with van der Waals surface area (Å²) < 4.78 is 0. The van der Waals surface area contributed by atoms with Crippen molar-refractivity contribution >= 4 is 11.5 Å². The Bertz CT molecular complexity index is 506. The van der Waals surface area contributed by atoms with Crippen molar-refractivity contribution in [1.82, 2.24) is 4.98 Å². The summed E-state index contributed by atoms with van der Waals surface area (Å²) in [6.45, 7) is 3.85. The minimum Gasteiger partial charge on any atom is -0.394 e. The molecule has 110 valence electrons. The molecule has 2 atom stereocenters. The average molecular weight is 279 g/mol. The molecule has 0 aliphatic heterocycles. The molecule has 1 saturated carbocycles. The molecular weight excluding hydrogens is 258 g/mol. The van der Waals surface area contributed by atoms with Gasteiger partial charge in [0.15, 0.2) is 0 Å². The number of rotatable bonds is 4. The molecule has 0 aromatic carbocycles. The third-order valence-electron chi connectivity index (χ3n) is 4.04. The number of anilines is 1. The van der Waals surface area contributed by atoms with Crippen LogP contribution in [0.5, 0.6) is 0 Å². The second-order valence-electron chi connectivity index (χ2n) is 5.82. The summed E-state index contributed by atoms with van der Waals surface area (Å²) in [5, 5.41) is 23.8. The molecule has 20 heavy (non-hydrogen) atoms. The quantitative estimate of drug-likeness (QED) is 0.653. The van der Waals surface area contributed by atoms with Crippen LogP contribution in [0.25, 0.3) is 0 Å². The maximum absolute atomic E-state index is 10.8. The molecule has 2 rings (SSSR count). The van der Waals surface area contributed by atoms with E-state index in [1.54, 1.807) is 13.0 Å². The van der Waals surface area contributed by atoms with Gasteiger partial charge in [0, 0.05) is 6.07 Å². The number of aliphatic hydroxyl groups is 1. The smallest absolute Gasteiger partial charge is 0.290 e. The van der Waals surface area contributed by atoms with E-state index in [2.05, 4.69) is 17.2 Å². The predicted molar refractivity (Wildman–Crippen MR) is 76.7 cm³/mol. The number of nitrogens with one attached hydrogen (secondary N) is 1. The second kappa shape index (κ2) is 5.75. The zero-order chi connectivity index (χ0) is 14.8. The topological polar surface area (TPSA) is 88.3 Å². The minimum atomic E-state index is -0.434. The van der Waals surface area contributed by atoms with Gasteiger partial charge in [0.25, 0.3) is 5.69 Å². The SMILES string of the molecule is Cc1nc(NC2(CO)CCCC(C)C2)ccc1[N+](=O)[O-]. The summed E-state index contributed by atoms with van der Waals surface area (Å²) >= 11 is 0. The predicted octanol–water partition coefficient (Wildman–Crippen LogP) is 2.65. The average Bonchev–Trinajstić information content (AvgIpc) is 2.38. The number of pyridine rings is 1. The lowest BCUT2D eigenvalue weighted by Gasteiger charge is -2.39. The number of aliphatic hydroxyl groups excluding tert-OH is 1. The van der Waals surface area contributed by atoms with Crippen LogP contribution < -0.4 is 5.32 Å². The molecule has 6 nitrogen and oxygen atoms in total. The normalized spacial score (nSPS) is 26.2. The van der Waals surface area contributed by atoms with E-state index in [1.807, 2.05) is 0 Å². The van der Waals surface area contributed by atoms with Gasteiger partial charge in [0.05, 0.1) is 17.1 Å². The van der Waals surface area contributed by atoms with E-state index in [0.717, 1.165) is 19.3 Å². The van der Waals surface area contributed by atoms with E-state index in [-0.39, 0.29) is 17.8 Å². The summed E-state index contributed by atoms with van der Waals surface area (Å²) in [7, 11) is 0. The fourth-order valence-corrected chi connectivity index (χ4v) is 3.04. The Morgan fingerprint density at radius 2 is 2.35 bits per heavy atom. The van der Waals surface area contributed by atoms with Gasteiger partial charge in [-0.2, -0.15) is 0 Å². The van der Waals surface area contributed by atoms with Crippen LogP contribution in [0.3, 0.4) is 0 Å². The summed E-state index contributed by atoms with van der Waals surface area (Å²) in [6.07, 6.45) is 4.03. The highest BCUT2D eigenvalue weighted by molar-refractivity contribution is 5.46. The minimum absolute atomic E-state index is 0.0191. The zero-order valence-electron chi connectivity index (χ0n) is 11.9. The van der Waals surface area contributed by atoms with Crippen molar-refractivity contribution in [1.29, 1.82) is 0 Å². The Hall–Kier alpha value is -1.69. The first-order valence-corrected chi connectivity index (χ1v) is 6.97. The van der Waals surface area contributed by atoms with Crippen LogP contribution in [-0.2, 0) is 0 Å². The van der Waals surface area contributed by atoms with Gasteiger partial charge < -0.3 is 10.4 Å². The number of nitro groups is 1. The van der Waals surface area contributed by atoms with Gasteiger partial charge in [0.1, 0.15) is 11.5 Å². The Morgan fingerprint density at radius 3 is 2.90 bits per heavy atom. The second-order valence-corrected chi connectivity index (χ2v) is 5.82. The number of aryl methyl sites for hydroxylation is 1. The fraction of sp³-hybridized carbons (Fsp3) is 0.643. The van der Waals surface area contributed by atoms with Crippen LogP contribution in [0.2, 0.25) is 0 Å². The standard InChI is InChI=1S/C14H21N3O3/c1-10-4-3-7-14(8-10,9-18)16-13-6-5-12(17(19)20)11(2)15-13/h5-6,10,18H,3-4,7-9H2,1-2H3,(H,15,16). The number of aromatic nitrogens is 1. The first-order valence-electron chi connectivity index (χ1n) is 6.97. The molecule has 2 unspecified atom stereocenters. The summed E-state index contributed by atoms with van der Waals surface area (Å²) in [6, 6.07) is 3.07. The van der Waals surface area contributed by atoms with Crippen molar-refractivity contribution < 1.29 is 10.0 Å². The van der Waals surface area contributed by atoms with Crippen LogP contribution in [0.1, 0.15) is 38.3 Å². The molecule has 1 aliphatic rings. The first-order chi connectivity index (χ1) is 9.46. The largest absolute Gasteiger partial charge is 0.394 e. The molecule has 1 aliphatic carbocycles. The Balaban J connectivity index is 2.19. The van der Waals surface area contributed by atoms with E-state index in [0.29, 0.717) is 17.4 Å². The lowest BCUT2D eigenvalue weighted by molar-refractivity contribution is -0.385. The zero-order valence-corrected chi connectivity index (χ0v) is 11.9. The van der Waals surface area contributed by atoms with Crippen LogP contribution in [0.15, 0.2) is 12.1 Å². The van der Waals surface area contributed by atoms with Crippen LogP contribution in [-0.4, -0.2) is 27.2 Å². The lowest BCUT2D eigenvalue weighted by atomic mass is 9.77. The van der Waals surface area contributed by atoms with Crippen molar-refractivity contribution in [2.24, 2.45) is 5.92 Å². The van der Waals surface area contributed by atoms with Crippen LogP contribution in [0.4, 0.5) is 11.5 Å². The highest BCUT2D eigenvalue weighted by Crippen LogP contribution is 2.34. The van der Waals surface area contributed by atoms with E-state index < -0.39 is 4.92 Å². The highest BCUT2D eigenvalue weighted by atomic mass is 16.6. The molecule has 0 radical (unpaired) electrons. The molecule has 0 spiro atoms. The van der Waals surface area contributed by atoms with E-state index in [1.165, 1.54) is 12.5 Å². The molecule has 0 saturated heterocycles. The van der Waals surface area contributed by atoms with Crippen molar-refractivity contribution in [3.63, 3.8) is 0 Å². The van der Waals surface area contributed by atoms with Crippen molar-refractivity contribution in [3.05, 3.63) is 27.9 Å². The molecule has 1 heterocycles. The molecule has 1 aromatic rings. The highest BCUT2D eigenvalue weighted by Gasteiger charge is 2.34. The van der Waals surface area contributed by atoms with Gasteiger partial charge in [-0.1, -0.05) is 19.8 Å². The monoisotopic (exact) mass is 279 g/mol. The van der Waals surface area contributed by atoms with Gasteiger partial charge in [0.2, 0.25) is 0 Å². The molecule has 0 bridgehead atoms. The van der Waals surface area contributed by atoms with E-state index in [4.69, 9.17) is 0 Å². The third kappa shape index (κ3) is 3.07. The number of hydrogen-bond acceptors (Lipinski definition) is 5. The first kappa shape index (κ1) is 14.7. The molecular formula is C14H21N3O3. The maximum atomic E-state index is 10.8. The fourth-order valence-electron chi connectivity index (χ4n) is 3.04. The van der Waals surface area contributed by atoms with Crippen LogP contribution >= 0.6 is 0 Å². The molecule has 1 aromatic heterocycles. The third-order valence-corrected chi connectivity index (χ3v) is 4.04. The Labute approximate surface area is 118 Å². The Morgan fingerprint density at radius 1 is 1.60 bits per heavy atom. The van der Waals surface area contributed by atoms with Gasteiger partial charge in [-0.15, -0.1) is 0 Å². The van der Waals surface area contributed by atoms with Crippen molar-refractivity contribution in [2.75, 3.05) is 11.9 Å². The van der Waals surface area contributed by atoms with Crippen LogP contribution in [0, 0.1) is 23.0 Å². The summed E-state index contributed by atoms with van der Waals surface area (Å²) in [4.78, 5) is 14.6. The van der Waals surface area contributed by atoms with E-state index >= 15 is 0 Å². The summed E-state index contributed by atoms with van der Waals surface area (Å²) in [5.41, 5.74) is 0.0512. The number of nitrogens with zero attached hydrogens (tertiary/aromatic N) is 2. The number of hydrogen-bond donors (Lipinski definition) is 2. The van der Waals surface area contributed by atoms with Gasteiger partial charge in [-0.3, -0.25) is 10.1 Å². The van der Waals surface area contributed by atoms with Gasteiger partial charge >= 0.3 is 0 Å². The van der Waals surface area contributed by atoms with Gasteiger partial charge in [-0.25, -0.2) is 4.98 Å². The molecule has 0 amide bonds. The van der Waals surface area contributed by atoms with Crippen molar-refractivity contribution in [2.45, 2.75) is 45.1 Å².